The van der Waals surface area contributed by atoms with Crippen molar-refractivity contribution >= 4 is 5.78 Å². The lowest BCUT2D eigenvalue weighted by molar-refractivity contribution is 0.101. The Balaban J connectivity index is 0.000000982. The zero-order valence-corrected chi connectivity index (χ0v) is 12.2. The number of aromatic hydroxyl groups is 1. The van der Waals surface area contributed by atoms with Crippen LogP contribution < -0.4 is 4.74 Å². The van der Waals surface area contributed by atoms with Gasteiger partial charge < -0.3 is 14.6 Å². The topological polar surface area (TPSA) is 55.8 Å². The highest BCUT2D eigenvalue weighted by atomic mass is 16.5. The summed E-state index contributed by atoms with van der Waals surface area (Å²) in [6, 6.07) is 4.53. The van der Waals surface area contributed by atoms with E-state index in [2.05, 4.69) is 13.8 Å². The minimum atomic E-state index is -0.0994. The van der Waals surface area contributed by atoms with Crippen molar-refractivity contribution in [2.45, 2.75) is 33.6 Å². The molecule has 0 aliphatic carbocycles. The minimum absolute atomic E-state index is 0.0365. The number of ether oxygens (including phenoxy) is 2. The molecule has 4 nitrogen and oxygen atoms in total. The second kappa shape index (κ2) is 10.4. The van der Waals surface area contributed by atoms with Gasteiger partial charge in [0.25, 0.3) is 0 Å². The summed E-state index contributed by atoms with van der Waals surface area (Å²) in [4.78, 5) is 11.1. The Morgan fingerprint density at radius 2 is 1.84 bits per heavy atom. The maximum atomic E-state index is 11.1. The van der Waals surface area contributed by atoms with Gasteiger partial charge in [0.05, 0.1) is 6.61 Å². The van der Waals surface area contributed by atoms with Gasteiger partial charge >= 0.3 is 0 Å². The van der Waals surface area contributed by atoms with Crippen molar-refractivity contribution in [3.8, 4) is 11.5 Å². The van der Waals surface area contributed by atoms with Crippen LogP contribution in [0.1, 0.15) is 44.0 Å². The van der Waals surface area contributed by atoms with Gasteiger partial charge in [-0.1, -0.05) is 20.3 Å². The summed E-state index contributed by atoms with van der Waals surface area (Å²) in [5.74, 6) is 0.438. The first-order valence-electron chi connectivity index (χ1n) is 6.51. The number of carbonyl (C=O) groups excluding carboxylic acids is 1. The molecule has 0 aromatic heterocycles. The fourth-order valence-corrected chi connectivity index (χ4v) is 1.26. The molecule has 0 radical (unpaired) electrons. The molecule has 1 rings (SSSR count). The average molecular weight is 268 g/mol. The summed E-state index contributed by atoms with van der Waals surface area (Å²) in [5.41, 5.74) is 0.446. The first kappa shape index (κ1) is 17.4. The third-order valence-electron chi connectivity index (χ3n) is 2.06. The van der Waals surface area contributed by atoms with Crippen LogP contribution in [0.4, 0.5) is 0 Å². The Labute approximate surface area is 115 Å². The molecular weight excluding hydrogens is 244 g/mol. The largest absolute Gasteiger partial charge is 0.508 e. The van der Waals surface area contributed by atoms with E-state index in [-0.39, 0.29) is 11.5 Å². The number of phenols is 1. The number of Topliss-reactive ketones (excluding diaryl/α,β-unsaturated/α-hetero) is 1. The summed E-state index contributed by atoms with van der Waals surface area (Å²) in [5, 5.41) is 9.39. The predicted octanol–water partition coefficient (Wildman–Crippen LogP) is 3.43. The fraction of sp³-hybridized carbons (Fsp3) is 0.533. The van der Waals surface area contributed by atoms with Gasteiger partial charge in [-0.05, 0) is 19.1 Å². The maximum absolute atomic E-state index is 11.1. The lowest BCUT2D eigenvalue weighted by Crippen LogP contribution is -2.02. The van der Waals surface area contributed by atoms with E-state index in [4.69, 9.17) is 9.47 Å². The van der Waals surface area contributed by atoms with E-state index in [0.29, 0.717) is 24.5 Å². The standard InChI is InChI=1S/C12H16O4.C3H8/c1-9(13)10-6-11(14)8-12(7-10)16-5-3-4-15-2;1-3-2/h6-8,14H,3-5H2,1-2H3;3H2,1-2H3. The van der Waals surface area contributed by atoms with Gasteiger partial charge in [0.2, 0.25) is 0 Å². The number of methoxy groups -OCH3 is 1. The molecule has 0 saturated carbocycles. The van der Waals surface area contributed by atoms with E-state index in [1.807, 2.05) is 0 Å². The number of benzene rings is 1. The molecule has 4 heteroatoms. The van der Waals surface area contributed by atoms with Crippen LogP contribution in [-0.4, -0.2) is 31.2 Å². The van der Waals surface area contributed by atoms with E-state index in [9.17, 15) is 9.90 Å². The molecule has 0 saturated heterocycles. The lowest BCUT2D eigenvalue weighted by Gasteiger charge is -2.07. The Kier molecular flexibility index (Phi) is 9.53. The third kappa shape index (κ3) is 8.21. The van der Waals surface area contributed by atoms with Crippen LogP contribution in [0.25, 0.3) is 0 Å². The third-order valence-corrected chi connectivity index (χ3v) is 2.06. The molecule has 0 unspecified atom stereocenters. The van der Waals surface area contributed by atoms with E-state index in [1.165, 1.54) is 25.5 Å². The SMILES string of the molecule is CCC.COCCCOc1cc(O)cc(C(C)=O)c1. The van der Waals surface area contributed by atoms with Crippen LogP contribution >= 0.6 is 0 Å². The summed E-state index contributed by atoms with van der Waals surface area (Å²) in [6.45, 7) is 6.82. The Hall–Kier alpha value is -1.55. The number of carbonyl (C=O) groups is 1. The Bertz CT molecular complexity index is 374. The zero-order chi connectivity index (χ0) is 14.7. The molecule has 19 heavy (non-hydrogen) atoms. The summed E-state index contributed by atoms with van der Waals surface area (Å²) in [6.07, 6.45) is 2.02. The molecule has 108 valence electrons. The quantitative estimate of drug-likeness (QED) is 0.634. The normalized spacial score (nSPS) is 9.47. The Morgan fingerprint density at radius 1 is 1.21 bits per heavy atom. The van der Waals surface area contributed by atoms with Crippen molar-refractivity contribution in [1.82, 2.24) is 0 Å². The molecule has 0 atom stereocenters. The minimum Gasteiger partial charge on any atom is -0.508 e. The number of hydrogen-bond donors (Lipinski definition) is 1. The molecule has 0 heterocycles. The number of ketones is 1. The van der Waals surface area contributed by atoms with Crippen molar-refractivity contribution in [3.63, 3.8) is 0 Å². The fourth-order valence-electron chi connectivity index (χ4n) is 1.26. The zero-order valence-electron chi connectivity index (χ0n) is 12.2. The van der Waals surface area contributed by atoms with Gasteiger partial charge in [-0.3, -0.25) is 4.79 Å². The van der Waals surface area contributed by atoms with Crippen molar-refractivity contribution in [1.29, 1.82) is 0 Å². The van der Waals surface area contributed by atoms with Crippen molar-refractivity contribution in [2.75, 3.05) is 20.3 Å². The van der Waals surface area contributed by atoms with Crippen LogP contribution in [0.5, 0.6) is 11.5 Å². The van der Waals surface area contributed by atoms with Crippen LogP contribution in [0.3, 0.4) is 0 Å². The summed E-state index contributed by atoms with van der Waals surface area (Å²) < 4.78 is 10.3. The first-order chi connectivity index (χ1) is 9.04. The van der Waals surface area contributed by atoms with Crippen molar-refractivity contribution in [3.05, 3.63) is 23.8 Å². The van der Waals surface area contributed by atoms with Gasteiger partial charge in [-0.2, -0.15) is 0 Å². The van der Waals surface area contributed by atoms with Gasteiger partial charge in [-0.25, -0.2) is 0 Å². The number of rotatable bonds is 6. The van der Waals surface area contributed by atoms with Crippen LogP contribution in [0, 0.1) is 0 Å². The summed E-state index contributed by atoms with van der Waals surface area (Å²) in [7, 11) is 1.63. The van der Waals surface area contributed by atoms with Crippen molar-refractivity contribution < 1.29 is 19.4 Å². The Morgan fingerprint density at radius 3 is 2.37 bits per heavy atom. The first-order valence-corrected chi connectivity index (χ1v) is 6.51. The smallest absolute Gasteiger partial charge is 0.160 e. The molecule has 1 aromatic rings. The molecule has 0 aliphatic heterocycles. The van der Waals surface area contributed by atoms with E-state index < -0.39 is 0 Å². The van der Waals surface area contributed by atoms with Crippen molar-refractivity contribution in [2.24, 2.45) is 0 Å². The van der Waals surface area contributed by atoms with E-state index >= 15 is 0 Å². The second-order valence-corrected chi connectivity index (χ2v) is 4.17. The molecule has 0 amide bonds. The molecule has 0 bridgehead atoms. The molecular formula is C15H24O4. The molecule has 0 fully saturated rings. The molecule has 1 N–H and O–H groups in total. The van der Waals surface area contributed by atoms with Gasteiger partial charge in [-0.15, -0.1) is 0 Å². The highest BCUT2D eigenvalue weighted by Crippen LogP contribution is 2.22. The van der Waals surface area contributed by atoms with Gasteiger partial charge in [0.1, 0.15) is 11.5 Å². The predicted molar refractivity (Wildman–Crippen MR) is 76.1 cm³/mol. The molecule has 0 spiro atoms. The maximum Gasteiger partial charge on any atom is 0.160 e. The molecule has 0 aliphatic rings. The lowest BCUT2D eigenvalue weighted by atomic mass is 10.1. The van der Waals surface area contributed by atoms with Gasteiger partial charge in [0.15, 0.2) is 5.78 Å². The van der Waals surface area contributed by atoms with E-state index in [1.54, 1.807) is 13.2 Å². The van der Waals surface area contributed by atoms with E-state index in [0.717, 1.165) is 6.42 Å². The second-order valence-electron chi connectivity index (χ2n) is 4.17. The monoisotopic (exact) mass is 268 g/mol. The van der Waals surface area contributed by atoms with Gasteiger partial charge in [0, 0.05) is 31.8 Å². The highest BCUT2D eigenvalue weighted by molar-refractivity contribution is 5.94. The van der Waals surface area contributed by atoms with Crippen LogP contribution in [0.2, 0.25) is 0 Å². The summed E-state index contributed by atoms with van der Waals surface area (Å²) >= 11 is 0. The van der Waals surface area contributed by atoms with Crippen LogP contribution in [-0.2, 0) is 4.74 Å². The number of hydrogen-bond acceptors (Lipinski definition) is 4. The highest BCUT2D eigenvalue weighted by Gasteiger charge is 2.04. The molecule has 1 aromatic carbocycles. The van der Waals surface area contributed by atoms with Crippen LogP contribution in [0.15, 0.2) is 18.2 Å². The number of phenolic OH excluding ortho intramolecular Hbond substituents is 1. The average Bonchev–Trinajstić information content (AvgIpc) is 2.35.